The summed E-state index contributed by atoms with van der Waals surface area (Å²) >= 11 is 0. The summed E-state index contributed by atoms with van der Waals surface area (Å²) < 4.78 is 5.33. The second kappa shape index (κ2) is 6.47. The van der Waals surface area contributed by atoms with E-state index < -0.39 is 5.60 Å². The number of benzene rings is 1. The van der Waals surface area contributed by atoms with Gasteiger partial charge in [-0.3, -0.25) is 4.90 Å². The summed E-state index contributed by atoms with van der Waals surface area (Å²) in [5.74, 6) is 0. The van der Waals surface area contributed by atoms with Crippen LogP contribution < -0.4 is 0 Å². The Morgan fingerprint density at radius 3 is 2.24 bits per heavy atom. The smallest absolute Gasteiger partial charge is 0.0817 e. The fraction of sp³-hybridized carbons (Fsp3) is 0.667. The Morgan fingerprint density at radius 1 is 1.14 bits per heavy atom. The highest BCUT2D eigenvalue weighted by Gasteiger charge is 2.30. The van der Waals surface area contributed by atoms with Gasteiger partial charge in [0.2, 0.25) is 0 Å². The maximum atomic E-state index is 10.5. The average Bonchev–Trinajstić information content (AvgIpc) is 2.38. The molecule has 0 radical (unpaired) electrons. The minimum absolute atomic E-state index is 0.196. The van der Waals surface area contributed by atoms with Crippen LogP contribution in [0.3, 0.4) is 0 Å². The molecule has 0 unspecified atom stereocenters. The summed E-state index contributed by atoms with van der Waals surface area (Å²) in [4.78, 5) is 2.21. The number of nitrogens with zero attached hydrogens (tertiary/aromatic N) is 1. The fourth-order valence-corrected chi connectivity index (χ4v) is 2.89. The molecule has 21 heavy (non-hydrogen) atoms. The Morgan fingerprint density at radius 2 is 1.71 bits per heavy atom. The lowest BCUT2D eigenvalue weighted by Crippen LogP contribution is -2.45. The van der Waals surface area contributed by atoms with Crippen LogP contribution in [0.5, 0.6) is 0 Å². The molecule has 0 atom stereocenters. The Kier molecular flexibility index (Phi) is 5.07. The zero-order valence-corrected chi connectivity index (χ0v) is 13.9. The average molecular weight is 291 g/mol. The van der Waals surface area contributed by atoms with E-state index in [9.17, 15) is 5.11 Å². The van der Waals surface area contributed by atoms with Crippen LogP contribution in [0.15, 0.2) is 24.3 Å². The molecule has 0 bridgehead atoms. The van der Waals surface area contributed by atoms with Crippen molar-refractivity contribution < 1.29 is 9.84 Å². The predicted molar refractivity (Wildman–Crippen MR) is 86.5 cm³/mol. The van der Waals surface area contributed by atoms with Gasteiger partial charge in [-0.25, -0.2) is 0 Å². The van der Waals surface area contributed by atoms with Crippen LogP contribution in [0.2, 0.25) is 0 Å². The van der Waals surface area contributed by atoms with Crippen LogP contribution in [-0.4, -0.2) is 42.4 Å². The summed E-state index contributed by atoms with van der Waals surface area (Å²) in [5.41, 5.74) is 2.26. The lowest BCUT2D eigenvalue weighted by molar-refractivity contribution is -0.0777. The SMILES string of the molecule is CN(Cc1ccc(C(C)(C)C)cc1)CC1(O)CCOCC1. The Hall–Kier alpha value is -0.900. The summed E-state index contributed by atoms with van der Waals surface area (Å²) in [5, 5.41) is 10.5. The van der Waals surface area contributed by atoms with Crippen LogP contribution in [0, 0.1) is 0 Å². The molecule has 0 saturated carbocycles. The van der Waals surface area contributed by atoms with E-state index in [1.165, 1.54) is 11.1 Å². The second-order valence-corrected chi connectivity index (χ2v) is 7.46. The van der Waals surface area contributed by atoms with Crippen molar-refractivity contribution in [3.8, 4) is 0 Å². The molecular formula is C18H29NO2. The van der Waals surface area contributed by atoms with Gasteiger partial charge in [0.1, 0.15) is 0 Å². The van der Waals surface area contributed by atoms with Crippen LogP contribution >= 0.6 is 0 Å². The molecule has 1 fully saturated rings. The van der Waals surface area contributed by atoms with E-state index in [2.05, 4.69) is 57.0 Å². The van der Waals surface area contributed by atoms with Gasteiger partial charge >= 0.3 is 0 Å². The normalized spacial score (nSPS) is 19.0. The zero-order chi connectivity index (χ0) is 15.5. The molecule has 1 N–H and O–H groups in total. The second-order valence-electron chi connectivity index (χ2n) is 7.46. The van der Waals surface area contributed by atoms with Crippen LogP contribution in [-0.2, 0) is 16.7 Å². The molecule has 1 aliphatic heterocycles. The summed E-state index contributed by atoms with van der Waals surface area (Å²) in [6.07, 6.45) is 1.47. The maximum Gasteiger partial charge on any atom is 0.0817 e. The third-order valence-electron chi connectivity index (χ3n) is 4.26. The molecule has 118 valence electrons. The topological polar surface area (TPSA) is 32.7 Å². The largest absolute Gasteiger partial charge is 0.388 e. The highest BCUT2D eigenvalue weighted by Crippen LogP contribution is 2.24. The fourth-order valence-electron chi connectivity index (χ4n) is 2.89. The Balaban J connectivity index is 1.91. The first-order valence-electron chi connectivity index (χ1n) is 7.87. The first kappa shape index (κ1) is 16.5. The highest BCUT2D eigenvalue weighted by molar-refractivity contribution is 5.27. The van der Waals surface area contributed by atoms with Gasteiger partial charge in [0.25, 0.3) is 0 Å². The number of hydrogen-bond donors (Lipinski definition) is 1. The summed E-state index contributed by atoms with van der Waals surface area (Å²) in [6, 6.07) is 8.83. The molecule has 3 heteroatoms. The van der Waals surface area contributed by atoms with E-state index in [4.69, 9.17) is 4.74 Å². The number of aliphatic hydroxyl groups is 1. The molecule has 0 aromatic heterocycles. The van der Waals surface area contributed by atoms with Gasteiger partial charge in [0.05, 0.1) is 5.60 Å². The van der Waals surface area contributed by atoms with Gasteiger partial charge in [-0.05, 0) is 23.6 Å². The molecular weight excluding hydrogens is 262 g/mol. The molecule has 0 aliphatic carbocycles. The maximum absolute atomic E-state index is 10.5. The number of ether oxygens (including phenoxy) is 1. The molecule has 1 aromatic rings. The summed E-state index contributed by atoms with van der Waals surface area (Å²) in [7, 11) is 2.07. The number of likely N-dealkylation sites (N-methyl/N-ethyl adjacent to an activating group) is 1. The van der Waals surface area contributed by atoms with Crippen LogP contribution in [0.25, 0.3) is 0 Å². The molecule has 1 aromatic carbocycles. The van der Waals surface area contributed by atoms with Crippen LogP contribution in [0.4, 0.5) is 0 Å². The molecule has 2 rings (SSSR count). The van der Waals surface area contributed by atoms with Crippen molar-refractivity contribution in [3.63, 3.8) is 0 Å². The van der Waals surface area contributed by atoms with Crippen molar-refractivity contribution in [2.24, 2.45) is 0 Å². The van der Waals surface area contributed by atoms with Gasteiger partial charge < -0.3 is 9.84 Å². The van der Waals surface area contributed by atoms with E-state index in [-0.39, 0.29) is 5.41 Å². The monoisotopic (exact) mass is 291 g/mol. The lowest BCUT2D eigenvalue weighted by atomic mass is 9.86. The Bertz CT molecular complexity index is 441. The van der Waals surface area contributed by atoms with E-state index in [1.807, 2.05) is 0 Å². The van der Waals surface area contributed by atoms with Gasteiger partial charge in [0, 0.05) is 39.1 Å². The van der Waals surface area contributed by atoms with Crippen molar-refractivity contribution in [1.29, 1.82) is 0 Å². The van der Waals surface area contributed by atoms with E-state index >= 15 is 0 Å². The third kappa shape index (κ3) is 4.80. The van der Waals surface area contributed by atoms with Crippen molar-refractivity contribution >= 4 is 0 Å². The van der Waals surface area contributed by atoms with Crippen molar-refractivity contribution in [3.05, 3.63) is 35.4 Å². The predicted octanol–water partition coefficient (Wildman–Crippen LogP) is 2.96. The number of hydrogen-bond acceptors (Lipinski definition) is 3. The molecule has 1 aliphatic rings. The first-order valence-corrected chi connectivity index (χ1v) is 7.87. The quantitative estimate of drug-likeness (QED) is 0.926. The standard InChI is InChI=1S/C18H29NO2/c1-17(2,3)16-7-5-15(6-8-16)13-19(4)14-18(20)9-11-21-12-10-18/h5-8,20H,9-14H2,1-4H3. The first-order chi connectivity index (χ1) is 9.78. The summed E-state index contributed by atoms with van der Waals surface area (Å²) in [6.45, 7) is 9.61. The van der Waals surface area contributed by atoms with Gasteiger partial charge in [-0.15, -0.1) is 0 Å². The van der Waals surface area contributed by atoms with Crippen LogP contribution in [0.1, 0.15) is 44.7 Å². The highest BCUT2D eigenvalue weighted by atomic mass is 16.5. The minimum atomic E-state index is -0.585. The molecule has 1 heterocycles. The van der Waals surface area contributed by atoms with Crippen molar-refractivity contribution in [2.45, 2.75) is 51.2 Å². The zero-order valence-electron chi connectivity index (χ0n) is 13.9. The van der Waals surface area contributed by atoms with Gasteiger partial charge in [-0.1, -0.05) is 45.0 Å². The Labute approximate surface area is 128 Å². The molecule has 1 saturated heterocycles. The number of rotatable bonds is 4. The van der Waals surface area contributed by atoms with E-state index in [0.717, 1.165) is 19.4 Å². The lowest BCUT2D eigenvalue weighted by Gasteiger charge is -2.35. The van der Waals surface area contributed by atoms with Gasteiger partial charge in [0.15, 0.2) is 0 Å². The van der Waals surface area contributed by atoms with Crippen molar-refractivity contribution in [1.82, 2.24) is 4.90 Å². The third-order valence-corrected chi connectivity index (χ3v) is 4.26. The van der Waals surface area contributed by atoms with Gasteiger partial charge in [-0.2, -0.15) is 0 Å². The van der Waals surface area contributed by atoms with E-state index in [1.54, 1.807) is 0 Å². The van der Waals surface area contributed by atoms with Crippen molar-refractivity contribution in [2.75, 3.05) is 26.8 Å². The van der Waals surface area contributed by atoms with E-state index in [0.29, 0.717) is 19.8 Å². The molecule has 3 nitrogen and oxygen atoms in total. The minimum Gasteiger partial charge on any atom is -0.388 e. The molecule has 0 amide bonds. The molecule has 0 spiro atoms.